The first-order valence-corrected chi connectivity index (χ1v) is 6.80. The van der Waals surface area contributed by atoms with Crippen molar-refractivity contribution in [3.05, 3.63) is 59.2 Å². The zero-order valence-corrected chi connectivity index (χ0v) is 11.5. The van der Waals surface area contributed by atoms with E-state index >= 15 is 0 Å². The summed E-state index contributed by atoms with van der Waals surface area (Å²) in [6, 6.07) is 15.9. The molecule has 19 heavy (non-hydrogen) atoms. The minimum Gasteiger partial charge on any atom is -0.0610 e. The van der Waals surface area contributed by atoms with Gasteiger partial charge in [0.15, 0.2) is 0 Å². The molecule has 0 aromatic heterocycles. The molecule has 4 rings (SSSR count). The second kappa shape index (κ2) is 3.48. The number of benzene rings is 4. The van der Waals surface area contributed by atoms with E-state index in [0.717, 1.165) is 0 Å². The van der Waals surface area contributed by atoms with E-state index in [1.165, 1.54) is 49.0 Å². The van der Waals surface area contributed by atoms with Crippen LogP contribution in [0.25, 0.3) is 32.3 Å². The van der Waals surface area contributed by atoms with E-state index in [2.05, 4.69) is 63.2 Å². The largest absolute Gasteiger partial charge is 0.0610 e. The Kier molecular flexibility index (Phi) is 1.98. The van der Waals surface area contributed by atoms with E-state index < -0.39 is 0 Å². The van der Waals surface area contributed by atoms with E-state index in [-0.39, 0.29) is 0 Å². The molecule has 0 heterocycles. The normalized spacial score (nSPS) is 11.9. The molecule has 0 heteroatoms. The average Bonchev–Trinajstić information content (AvgIpc) is 2.37. The van der Waals surface area contributed by atoms with Crippen molar-refractivity contribution in [1.29, 1.82) is 0 Å². The van der Waals surface area contributed by atoms with Gasteiger partial charge in [-0.1, -0.05) is 42.5 Å². The highest BCUT2D eigenvalue weighted by Crippen LogP contribution is 2.38. The van der Waals surface area contributed by atoms with E-state index in [0.29, 0.717) is 0 Å². The van der Waals surface area contributed by atoms with Gasteiger partial charge in [-0.05, 0) is 69.8 Å². The van der Waals surface area contributed by atoms with Crippen molar-refractivity contribution in [3.8, 4) is 0 Å². The van der Waals surface area contributed by atoms with Gasteiger partial charge in [0.05, 0.1) is 0 Å². The maximum Gasteiger partial charge on any atom is -0.00215 e. The first-order valence-electron chi connectivity index (χ1n) is 6.80. The van der Waals surface area contributed by atoms with Crippen molar-refractivity contribution >= 4 is 32.3 Å². The second-order valence-corrected chi connectivity index (χ2v) is 5.70. The van der Waals surface area contributed by atoms with Gasteiger partial charge >= 0.3 is 0 Å². The summed E-state index contributed by atoms with van der Waals surface area (Å²) < 4.78 is 0. The van der Waals surface area contributed by atoms with Crippen LogP contribution >= 0.6 is 0 Å². The lowest BCUT2D eigenvalue weighted by Crippen LogP contribution is -1.90. The van der Waals surface area contributed by atoms with Crippen molar-refractivity contribution in [1.82, 2.24) is 0 Å². The van der Waals surface area contributed by atoms with Crippen LogP contribution in [0.3, 0.4) is 0 Å². The molecule has 0 N–H and O–H groups in total. The van der Waals surface area contributed by atoms with Gasteiger partial charge in [-0.3, -0.25) is 0 Å². The molecule has 4 aromatic carbocycles. The zero-order chi connectivity index (χ0) is 13.1. The maximum atomic E-state index is 2.33. The molecule has 0 radical (unpaired) electrons. The van der Waals surface area contributed by atoms with Gasteiger partial charge in [-0.2, -0.15) is 0 Å². The fourth-order valence-electron chi connectivity index (χ4n) is 3.46. The molecule has 0 spiro atoms. The Labute approximate surface area is 113 Å². The van der Waals surface area contributed by atoms with Crippen LogP contribution in [0.15, 0.2) is 42.5 Å². The summed E-state index contributed by atoms with van der Waals surface area (Å²) in [7, 11) is 0. The van der Waals surface area contributed by atoms with Crippen LogP contribution in [-0.2, 0) is 0 Å². The molecule has 0 fully saturated rings. The monoisotopic (exact) mass is 244 g/mol. The lowest BCUT2D eigenvalue weighted by atomic mass is 9.89. The summed E-state index contributed by atoms with van der Waals surface area (Å²) in [6.45, 7) is 6.61. The Hall–Kier alpha value is -2.08. The molecule has 0 amide bonds. The predicted molar refractivity (Wildman–Crippen MR) is 84.4 cm³/mol. The molecule has 0 nitrogen and oxygen atoms in total. The standard InChI is InChI=1S/C19H16/c1-11-7-14-9-12(2)16-5-4-6-17-13(3)10-15(8-11)18(14)19(16)17/h4-10H,1-3H3. The second-order valence-electron chi connectivity index (χ2n) is 5.70. The van der Waals surface area contributed by atoms with E-state index in [9.17, 15) is 0 Å². The molecule has 92 valence electrons. The van der Waals surface area contributed by atoms with Crippen LogP contribution in [0.5, 0.6) is 0 Å². The average molecular weight is 244 g/mol. The molecule has 0 bridgehead atoms. The molecule has 0 aliphatic carbocycles. The Morgan fingerprint density at radius 1 is 0.632 bits per heavy atom. The van der Waals surface area contributed by atoms with Crippen molar-refractivity contribution in [2.75, 3.05) is 0 Å². The quantitative estimate of drug-likeness (QED) is 0.358. The van der Waals surface area contributed by atoms with E-state index in [1.807, 2.05) is 0 Å². The summed E-state index contributed by atoms with van der Waals surface area (Å²) in [5, 5.41) is 8.39. The van der Waals surface area contributed by atoms with Gasteiger partial charge in [0.2, 0.25) is 0 Å². The number of hydrogen-bond acceptors (Lipinski definition) is 0. The molecular formula is C19H16. The van der Waals surface area contributed by atoms with Gasteiger partial charge < -0.3 is 0 Å². The third kappa shape index (κ3) is 1.34. The van der Waals surface area contributed by atoms with Crippen LogP contribution in [0.2, 0.25) is 0 Å². The number of hydrogen-bond donors (Lipinski definition) is 0. The molecule has 0 saturated carbocycles. The van der Waals surface area contributed by atoms with Crippen molar-refractivity contribution < 1.29 is 0 Å². The highest BCUT2D eigenvalue weighted by atomic mass is 14.2. The number of aryl methyl sites for hydroxylation is 3. The highest BCUT2D eigenvalue weighted by molar-refractivity contribution is 6.24. The highest BCUT2D eigenvalue weighted by Gasteiger charge is 2.11. The summed E-state index contributed by atoms with van der Waals surface area (Å²) in [4.78, 5) is 0. The minimum absolute atomic E-state index is 1.34. The summed E-state index contributed by atoms with van der Waals surface area (Å²) in [5.74, 6) is 0. The maximum absolute atomic E-state index is 2.33. The van der Waals surface area contributed by atoms with E-state index in [4.69, 9.17) is 0 Å². The summed E-state index contributed by atoms with van der Waals surface area (Å²) >= 11 is 0. The smallest absolute Gasteiger partial charge is 0.00215 e. The molecule has 0 saturated heterocycles. The van der Waals surface area contributed by atoms with Crippen molar-refractivity contribution in [2.45, 2.75) is 20.8 Å². The van der Waals surface area contributed by atoms with Gasteiger partial charge in [-0.25, -0.2) is 0 Å². The van der Waals surface area contributed by atoms with Crippen LogP contribution in [-0.4, -0.2) is 0 Å². The van der Waals surface area contributed by atoms with Crippen LogP contribution in [0, 0.1) is 20.8 Å². The summed E-state index contributed by atoms with van der Waals surface area (Å²) in [5.41, 5.74) is 4.08. The Balaban J connectivity index is 2.47. The third-order valence-corrected chi connectivity index (χ3v) is 4.25. The zero-order valence-electron chi connectivity index (χ0n) is 11.5. The first-order chi connectivity index (χ1) is 9.15. The van der Waals surface area contributed by atoms with Gasteiger partial charge in [0.25, 0.3) is 0 Å². The Morgan fingerprint density at radius 2 is 1.16 bits per heavy atom. The first kappa shape index (κ1) is 10.8. The Bertz CT molecular complexity index is 859. The lowest BCUT2D eigenvalue weighted by molar-refractivity contribution is 1.49. The molecule has 4 aromatic rings. The summed E-state index contributed by atoms with van der Waals surface area (Å²) in [6.07, 6.45) is 0. The van der Waals surface area contributed by atoms with E-state index in [1.54, 1.807) is 0 Å². The van der Waals surface area contributed by atoms with Crippen LogP contribution in [0.4, 0.5) is 0 Å². The SMILES string of the molecule is Cc1cc2cc(C)c3cccc4c(C)cc(c1)c2c34. The van der Waals surface area contributed by atoms with Crippen LogP contribution in [0.1, 0.15) is 16.7 Å². The number of rotatable bonds is 0. The fourth-order valence-corrected chi connectivity index (χ4v) is 3.46. The molecule has 0 aliphatic rings. The van der Waals surface area contributed by atoms with Crippen molar-refractivity contribution in [2.24, 2.45) is 0 Å². The van der Waals surface area contributed by atoms with Crippen LogP contribution < -0.4 is 0 Å². The fraction of sp³-hybridized carbons (Fsp3) is 0.158. The van der Waals surface area contributed by atoms with Gasteiger partial charge in [-0.15, -0.1) is 0 Å². The molecule has 0 aliphatic heterocycles. The van der Waals surface area contributed by atoms with Crippen molar-refractivity contribution in [3.63, 3.8) is 0 Å². The van der Waals surface area contributed by atoms with Gasteiger partial charge in [0.1, 0.15) is 0 Å². The molecule has 0 atom stereocenters. The van der Waals surface area contributed by atoms with Gasteiger partial charge in [0, 0.05) is 0 Å². The molecular weight excluding hydrogens is 228 g/mol. The lowest BCUT2D eigenvalue weighted by Gasteiger charge is -2.15. The third-order valence-electron chi connectivity index (χ3n) is 4.25. The predicted octanol–water partition coefficient (Wildman–Crippen LogP) is 5.51. The minimum atomic E-state index is 1.34. The topological polar surface area (TPSA) is 0 Å². The molecule has 0 unspecified atom stereocenters. The Morgan fingerprint density at radius 3 is 1.68 bits per heavy atom.